The Labute approximate surface area is 125 Å². The average molecular weight is 315 g/mol. The van der Waals surface area contributed by atoms with Crippen molar-refractivity contribution in [3.63, 3.8) is 0 Å². The third-order valence-corrected chi connectivity index (χ3v) is 4.53. The van der Waals surface area contributed by atoms with Crippen LogP contribution >= 0.6 is 0 Å². The number of sulfonamides is 1. The van der Waals surface area contributed by atoms with Gasteiger partial charge in [0.1, 0.15) is 10.6 Å². The molecular formula is C14H21NO5S. The lowest BCUT2D eigenvalue weighted by atomic mass is 10.1. The number of carboxylic acid groups (broad SMARTS) is 1. The normalized spacial score (nSPS) is 12.9. The van der Waals surface area contributed by atoms with E-state index in [2.05, 4.69) is 4.72 Å². The number of rotatable bonds is 8. The van der Waals surface area contributed by atoms with E-state index in [4.69, 9.17) is 9.84 Å². The molecule has 0 saturated carbocycles. The molecule has 0 heterocycles. The number of hydrogen-bond acceptors (Lipinski definition) is 4. The number of benzene rings is 1. The molecular weight excluding hydrogens is 294 g/mol. The molecule has 7 heteroatoms. The lowest BCUT2D eigenvalue weighted by Gasteiger charge is -2.14. The number of carbonyl (C=O) groups is 1. The molecule has 0 radical (unpaired) electrons. The van der Waals surface area contributed by atoms with Crippen molar-refractivity contribution in [3.8, 4) is 5.75 Å². The summed E-state index contributed by atoms with van der Waals surface area (Å²) in [7, 11) is -2.27. The van der Waals surface area contributed by atoms with E-state index in [0.717, 1.165) is 5.56 Å². The van der Waals surface area contributed by atoms with Crippen molar-refractivity contribution in [1.82, 2.24) is 4.72 Å². The van der Waals surface area contributed by atoms with Crippen molar-refractivity contribution in [2.75, 3.05) is 13.7 Å². The molecule has 118 valence electrons. The van der Waals surface area contributed by atoms with Crippen LogP contribution in [0.25, 0.3) is 0 Å². The van der Waals surface area contributed by atoms with Crippen LogP contribution in [0.15, 0.2) is 23.1 Å². The summed E-state index contributed by atoms with van der Waals surface area (Å²) in [5.41, 5.74) is 0.815. The van der Waals surface area contributed by atoms with Crippen LogP contribution in [0.2, 0.25) is 0 Å². The third kappa shape index (κ3) is 5.35. The Morgan fingerprint density at radius 1 is 1.43 bits per heavy atom. The van der Waals surface area contributed by atoms with Crippen LogP contribution in [0.4, 0.5) is 0 Å². The first-order valence-electron chi connectivity index (χ1n) is 6.62. The number of hydrogen-bond donors (Lipinski definition) is 2. The van der Waals surface area contributed by atoms with Gasteiger partial charge in [-0.2, -0.15) is 0 Å². The molecule has 1 rings (SSSR count). The molecule has 1 unspecified atom stereocenters. The molecule has 0 saturated heterocycles. The number of carboxylic acids is 1. The summed E-state index contributed by atoms with van der Waals surface area (Å²) in [6, 6.07) is 4.92. The van der Waals surface area contributed by atoms with Crippen LogP contribution < -0.4 is 9.46 Å². The maximum Gasteiger partial charge on any atom is 0.303 e. The van der Waals surface area contributed by atoms with Crippen LogP contribution in [-0.4, -0.2) is 33.1 Å². The Bertz CT molecular complexity index is 597. The second-order valence-electron chi connectivity index (χ2n) is 5.04. The highest BCUT2D eigenvalue weighted by Crippen LogP contribution is 2.24. The van der Waals surface area contributed by atoms with Gasteiger partial charge in [0.2, 0.25) is 10.0 Å². The second kappa shape index (κ2) is 7.42. The van der Waals surface area contributed by atoms with Crippen molar-refractivity contribution >= 4 is 16.0 Å². The zero-order valence-electron chi connectivity index (χ0n) is 12.4. The first-order valence-corrected chi connectivity index (χ1v) is 8.10. The molecule has 1 aromatic rings. The van der Waals surface area contributed by atoms with Crippen molar-refractivity contribution in [1.29, 1.82) is 0 Å². The fraction of sp³-hybridized carbons (Fsp3) is 0.500. The van der Waals surface area contributed by atoms with Crippen LogP contribution in [0.5, 0.6) is 5.75 Å². The van der Waals surface area contributed by atoms with E-state index in [1.165, 1.54) is 7.11 Å². The predicted molar refractivity (Wildman–Crippen MR) is 79.0 cm³/mol. The molecule has 0 fully saturated rings. The molecule has 1 atom stereocenters. The standard InChI is InChI=1S/C14H21NO5S/c1-10-4-6-12(20-3)13(8-10)21(18,19)15-9-11(2)5-7-14(16)17/h4,6,8,11,15H,5,7,9H2,1-3H3,(H,16,17). The Kier molecular flexibility index (Phi) is 6.17. The minimum atomic E-state index is -3.68. The van der Waals surface area contributed by atoms with Gasteiger partial charge in [-0.1, -0.05) is 13.0 Å². The maximum atomic E-state index is 12.3. The van der Waals surface area contributed by atoms with Gasteiger partial charge in [0.15, 0.2) is 0 Å². The van der Waals surface area contributed by atoms with Gasteiger partial charge < -0.3 is 9.84 Å². The van der Waals surface area contributed by atoms with E-state index in [1.54, 1.807) is 32.0 Å². The van der Waals surface area contributed by atoms with E-state index in [0.29, 0.717) is 6.42 Å². The summed E-state index contributed by atoms with van der Waals surface area (Å²) in [5.74, 6) is -0.664. The minimum absolute atomic E-state index is 0.0245. The Morgan fingerprint density at radius 2 is 2.10 bits per heavy atom. The summed E-state index contributed by atoms with van der Waals surface area (Å²) in [4.78, 5) is 10.6. The minimum Gasteiger partial charge on any atom is -0.495 e. The molecule has 21 heavy (non-hydrogen) atoms. The highest BCUT2D eigenvalue weighted by molar-refractivity contribution is 7.89. The third-order valence-electron chi connectivity index (χ3n) is 3.08. The van der Waals surface area contributed by atoms with Gasteiger partial charge in [-0.3, -0.25) is 4.79 Å². The fourth-order valence-electron chi connectivity index (χ4n) is 1.80. The quantitative estimate of drug-likeness (QED) is 0.763. The van der Waals surface area contributed by atoms with Gasteiger partial charge in [0, 0.05) is 13.0 Å². The van der Waals surface area contributed by atoms with Gasteiger partial charge in [-0.15, -0.1) is 0 Å². The molecule has 0 aliphatic rings. The summed E-state index contributed by atoms with van der Waals surface area (Å²) in [5, 5.41) is 8.61. The van der Waals surface area contributed by atoms with E-state index in [-0.39, 0.29) is 29.5 Å². The average Bonchev–Trinajstić information content (AvgIpc) is 2.43. The predicted octanol–water partition coefficient (Wildman–Crippen LogP) is 1.78. The summed E-state index contributed by atoms with van der Waals surface area (Å²) in [6.07, 6.45) is 0.444. The largest absolute Gasteiger partial charge is 0.495 e. The first kappa shape index (κ1) is 17.5. The molecule has 0 amide bonds. The Balaban J connectivity index is 2.78. The van der Waals surface area contributed by atoms with Crippen LogP contribution in [0, 0.1) is 12.8 Å². The molecule has 0 bridgehead atoms. The molecule has 0 aliphatic carbocycles. The van der Waals surface area contributed by atoms with Crippen molar-refractivity contribution in [2.24, 2.45) is 5.92 Å². The number of aliphatic carboxylic acids is 1. The van der Waals surface area contributed by atoms with Gasteiger partial charge in [-0.25, -0.2) is 13.1 Å². The van der Waals surface area contributed by atoms with Gasteiger partial charge in [0.05, 0.1) is 7.11 Å². The lowest BCUT2D eigenvalue weighted by molar-refractivity contribution is -0.137. The zero-order valence-corrected chi connectivity index (χ0v) is 13.2. The zero-order chi connectivity index (χ0) is 16.0. The van der Waals surface area contributed by atoms with Gasteiger partial charge >= 0.3 is 5.97 Å². The number of ether oxygens (including phenoxy) is 1. The van der Waals surface area contributed by atoms with Gasteiger partial charge in [-0.05, 0) is 37.0 Å². The van der Waals surface area contributed by atoms with Crippen LogP contribution in [-0.2, 0) is 14.8 Å². The summed E-state index contributed by atoms with van der Waals surface area (Å²) >= 11 is 0. The second-order valence-corrected chi connectivity index (χ2v) is 6.78. The topological polar surface area (TPSA) is 92.7 Å². The SMILES string of the molecule is COc1ccc(C)cc1S(=O)(=O)NCC(C)CCC(=O)O. The summed E-state index contributed by atoms with van der Waals surface area (Å²) in [6.45, 7) is 3.79. The Hall–Kier alpha value is -1.60. The van der Waals surface area contributed by atoms with E-state index >= 15 is 0 Å². The molecule has 0 aromatic heterocycles. The Morgan fingerprint density at radius 3 is 2.67 bits per heavy atom. The van der Waals surface area contributed by atoms with Gasteiger partial charge in [0.25, 0.3) is 0 Å². The molecule has 0 spiro atoms. The van der Waals surface area contributed by atoms with E-state index in [1.807, 2.05) is 0 Å². The number of nitrogens with one attached hydrogen (secondary N) is 1. The highest BCUT2D eigenvalue weighted by Gasteiger charge is 2.20. The molecule has 6 nitrogen and oxygen atoms in total. The maximum absolute atomic E-state index is 12.3. The van der Waals surface area contributed by atoms with Crippen molar-refractivity contribution < 1.29 is 23.1 Å². The first-order chi connectivity index (χ1) is 9.76. The molecule has 1 aromatic carbocycles. The van der Waals surface area contributed by atoms with Crippen molar-refractivity contribution in [3.05, 3.63) is 23.8 Å². The number of aryl methyl sites for hydroxylation is 1. The fourth-order valence-corrected chi connectivity index (χ4v) is 3.21. The summed E-state index contributed by atoms with van der Waals surface area (Å²) < 4.78 is 32.2. The monoisotopic (exact) mass is 315 g/mol. The number of methoxy groups -OCH3 is 1. The van der Waals surface area contributed by atoms with Crippen LogP contribution in [0.3, 0.4) is 0 Å². The lowest BCUT2D eigenvalue weighted by Crippen LogP contribution is -2.29. The van der Waals surface area contributed by atoms with Crippen LogP contribution in [0.1, 0.15) is 25.3 Å². The molecule has 2 N–H and O–H groups in total. The molecule has 0 aliphatic heterocycles. The van der Waals surface area contributed by atoms with E-state index < -0.39 is 16.0 Å². The van der Waals surface area contributed by atoms with E-state index in [9.17, 15) is 13.2 Å². The van der Waals surface area contributed by atoms with Crippen molar-refractivity contribution in [2.45, 2.75) is 31.6 Å². The highest BCUT2D eigenvalue weighted by atomic mass is 32.2. The smallest absolute Gasteiger partial charge is 0.303 e.